The number of carbonyl (C=O) groups excluding carboxylic acids is 1. The number of carbonyl (C=O) groups is 1. The van der Waals surface area contributed by atoms with Gasteiger partial charge in [0.2, 0.25) is 0 Å². The minimum Gasteiger partial charge on any atom is -0.497 e. The fourth-order valence-corrected chi connectivity index (χ4v) is 4.02. The van der Waals surface area contributed by atoms with Crippen molar-refractivity contribution in [2.45, 2.75) is 0 Å². The van der Waals surface area contributed by atoms with E-state index in [-0.39, 0.29) is 5.91 Å². The Morgan fingerprint density at radius 3 is 2.50 bits per heavy atom. The first-order valence-corrected chi connectivity index (χ1v) is 9.79. The van der Waals surface area contributed by atoms with Crippen molar-refractivity contribution in [1.82, 2.24) is 14.3 Å². The predicted octanol–water partition coefficient (Wildman–Crippen LogP) is 2.76. The average Bonchev–Trinajstić information content (AvgIpc) is 3.15. The number of nitrogen functional groups attached to an aromatic ring is 1. The van der Waals surface area contributed by atoms with E-state index >= 15 is 0 Å². The van der Waals surface area contributed by atoms with Crippen molar-refractivity contribution in [2.24, 2.45) is 0 Å². The van der Waals surface area contributed by atoms with Crippen LogP contribution in [0.1, 0.15) is 9.67 Å². The molecule has 0 aliphatic carbocycles. The smallest absolute Gasteiger partial charge is 0.267 e. The van der Waals surface area contributed by atoms with Crippen molar-refractivity contribution in [3.63, 3.8) is 0 Å². The molecule has 0 unspecified atom stereocenters. The van der Waals surface area contributed by atoms with Crippen molar-refractivity contribution in [3.05, 3.63) is 53.5 Å². The van der Waals surface area contributed by atoms with Crippen LogP contribution >= 0.6 is 11.5 Å². The number of rotatable bonds is 4. The predicted molar refractivity (Wildman–Crippen MR) is 111 cm³/mol. The fraction of sp³-hybridized carbons (Fsp3) is 0.250. The van der Waals surface area contributed by atoms with Gasteiger partial charge in [0.25, 0.3) is 5.91 Å². The van der Waals surface area contributed by atoms with E-state index in [0.717, 1.165) is 36.1 Å². The Morgan fingerprint density at radius 1 is 1.11 bits per heavy atom. The quantitative estimate of drug-likeness (QED) is 0.731. The molecule has 1 fully saturated rings. The van der Waals surface area contributed by atoms with Crippen LogP contribution in [-0.4, -0.2) is 53.5 Å². The highest BCUT2D eigenvalue weighted by atomic mass is 32.1. The highest BCUT2D eigenvalue weighted by Gasteiger charge is 2.27. The molecule has 0 atom stereocenters. The molecule has 7 nitrogen and oxygen atoms in total. The number of benzene rings is 1. The molecule has 144 valence electrons. The first kappa shape index (κ1) is 18.2. The van der Waals surface area contributed by atoms with Gasteiger partial charge in [-0.3, -0.25) is 9.78 Å². The zero-order valence-corrected chi connectivity index (χ0v) is 16.4. The molecule has 1 aliphatic rings. The van der Waals surface area contributed by atoms with Crippen molar-refractivity contribution >= 4 is 28.8 Å². The lowest BCUT2D eigenvalue weighted by Crippen LogP contribution is -2.48. The van der Waals surface area contributed by atoms with Crippen LogP contribution in [0.3, 0.4) is 0 Å². The summed E-state index contributed by atoms with van der Waals surface area (Å²) in [6.07, 6.45) is 1.69. The van der Waals surface area contributed by atoms with Crippen LogP contribution in [0.15, 0.2) is 48.7 Å². The summed E-state index contributed by atoms with van der Waals surface area (Å²) in [6, 6.07) is 13.5. The van der Waals surface area contributed by atoms with Crippen LogP contribution in [0.4, 0.5) is 11.4 Å². The Balaban J connectivity index is 1.43. The SMILES string of the molecule is COc1ccc(N2CCN(C(=O)c3snc(-c4ccccn4)c3N)CC2)cc1. The highest BCUT2D eigenvalue weighted by Crippen LogP contribution is 2.31. The second-order valence-electron chi connectivity index (χ2n) is 6.47. The lowest BCUT2D eigenvalue weighted by molar-refractivity contribution is 0.0752. The van der Waals surface area contributed by atoms with E-state index in [0.29, 0.717) is 35.0 Å². The van der Waals surface area contributed by atoms with Crippen LogP contribution in [0.25, 0.3) is 11.4 Å². The third kappa shape index (κ3) is 3.50. The molecule has 0 spiro atoms. The number of anilines is 2. The van der Waals surface area contributed by atoms with Gasteiger partial charge in [0.05, 0.1) is 18.5 Å². The van der Waals surface area contributed by atoms with E-state index in [9.17, 15) is 4.79 Å². The molecule has 4 rings (SSSR count). The van der Waals surface area contributed by atoms with Gasteiger partial charge in [-0.1, -0.05) is 6.07 Å². The molecule has 0 bridgehead atoms. The standard InChI is InChI=1S/C20H21N5O2S/c1-27-15-7-5-14(6-8-15)24-10-12-25(13-11-24)20(26)19-17(21)18(23-28-19)16-4-2-3-9-22-16/h2-9H,10-13,21H2,1H3. The Labute approximate surface area is 167 Å². The van der Waals surface area contributed by atoms with Gasteiger partial charge in [-0.25, -0.2) is 0 Å². The molecule has 1 aliphatic heterocycles. The fourth-order valence-electron chi connectivity index (χ4n) is 3.24. The van der Waals surface area contributed by atoms with E-state index in [2.05, 4.69) is 14.3 Å². The Bertz CT molecular complexity index is 950. The normalized spacial score (nSPS) is 14.2. The molecule has 28 heavy (non-hydrogen) atoms. The molecule has 3 heterocycles. The average molecular weight is 395 g/mol. The number of hydrogen-bond acceptors (Lipinski definition) is 7. The maximum absolute atomic E-state index is 13.0. The highest BCUT2D eigenvalue weighted by molar-refractivity contribution is 7.09. The zero-order valence-electron chi connectivity index (χ0n) is 15.5. The zero-order chi connectivity index (χ0) is 19.5. The van der Waals surface area contributed by atoms with E-state index in [1.165, 1.54) is 0 Å². The second kappa shape index (κ2) is 7.85. The molecule has 1 amide bonds. The molecule has 0 radical (unpaired) electrons. The largest absolute Gasteiger partial charge is 0.497 e. The monoisotopic (exact) mass is 395 g/mol. The maximum atomic E-state index is 13.0. The van der Waals surface area contributed by atoms with Gasteiger partial charge in [0.1, 0.15) is 16.3 Å². The Morgan fingerprint density at radius 2 is 1.86 bits per heavy atom. The van der Waals surface area contributed by atoms with E-state index in [1.807, 2.05) is 47.4 Å². The van der Waals surface area contributed by atoms with Crippen molar-refractivity contribution < 1.29 is 9.53 Å². The maximum Gasteiger partial charge on any atom is 0.267 e. The number of aromatic nitrogens is 2. The van der Waals surface area contributed by atoms with Gasteiger partial charge in [-0.15, -0.1) is 0 Å². The van der Waals surface area contributed by atoms with Crippen LogP contribution in [0.2, 0.25) is 0 Å². The summed E-state index contributed by atoms with van der Waals surface area (Å²) in [5, 5.41) is 0. The van der Waals surface area contributed by atoms with Crippen LogP contribution in [-0.2, 0) is 0 Å². The summed E-state index contributed by atoms with van der Waals surface area (Å²) in [4.78, 5) is 21.8. The van der Waals surface area contributed by atoms with E-state index in [1.54, 1.807) is 13.3 Å². The van der Waals surface area contributed by atoms with E-state index < -0.39 is 0 Å². The van der Waals surface area contributed by atoms with Crippen LogP contribution in [0, 0.1) is 0 Å². The number of methoxy groups -OCH3 is 1. The summed E-state index contributed by atoms with van der Waals surface area (Å²) < 4.78 is 9.57. The molecule has 0 saturated carbocycles. The molecule has 1 aromatic carbocycles. The summed E-state index contributed by atoms with van der Waals surface area (Å²) in [5.41, 5.74) is 9.02. The van der Waals surface area contributed by atoms with E-state index in [4.69, 9.17) is 10.5 Å². The van der Waals surface area contributed by atoms with Crippen molar-refractivity contribution in [3.8, 4) is 17.1 Å². The Hall–Kier alpha value is -3.13. The number of amides is 1. The second-order valence-corrected chi connectivity index (χ2v) is 7.24. The first-order valence-electron chi connectivity index (χ1n) is 9.02. The number of hydrogen-bond donors (Lipinski definition) is 1. The summed E-state index contributed by atoms with van der Waals surface area (Å²) in [7, 11) is 1.66. The number of nitrogens with two attached hydrogens (primary N) is 1. The molecule has 2 aromatic heterocycles. The van der Waals surface area contributed by atoms with Crippen LogP contribution in [0.5, 0.6) is 5.75 Å². The van der Waals surface area contributed by atoms with Gasteiger partial charge in [-0.05, 0) is 47.9 Å². The number of pyridine rings is 1. The molecule has 3 aromatic rings. The number of piperazine rings is 1. The molecule has 1 saturated heterocycles. The molecular formula is C20H21N5O2S. The topological polar surface area (TPSA) is 84.6 Å². The lowest BCUT2D eigenvalue weighted by Gasteiger charge is -2.36. The van der Waals surface area contributed by atoms with Crippen molar-refractivity contribution in [1.29, 1.82) is 0 Å². The van der Waals surface area contributed by atoms with Gasteiger partial charge >= 0.3 is 0 Å². The minimum absolute atomic E-state index is 0.0634. The van der Waals surface area contributed by atoms with Gasteiger partial charge in [0.15, 0.2) is 0 Å². The molecule has 8 heteroatoms. The summed E-state index contributed by atoms with van der Waals surface area (Å²) in [5.74, 6) is 0.772. The summed E-state index contributed by atoms with van der Waals surface area (Å²) in [6.45, 7) is 2.82. The van der Waals surface area contributed by atoms with Gasteiger partial charge in [0, 0.05) is 38.1 Å². The van der Waals surface area contributed by atoms with Gasteiger partial charge < -0.3 is 20.3 Å². The molecule has 2 N–H and O–H groups in total. The number of nitrogens with zero attached hydrogens (tertiary/aromatic N) is 4. The lowest BCUT2D eigenvalue weighted by atomic mass is 10.2. The third-order valence-electron chi connectivity index (χ3n) is 4.83. The minimum atomic E-state index is -0.0634. The Kier molecular flexibility index (Phi) is 5.12. The van der Waals surface area contributed by atoms with Crippen molar-refractivity contribution in [2.75, 3.05) is 43.9 Å². The summed E-state index contributed by atoms with van der Waals surface area (Å²) >= 11 is 1.14. The van der Waals surface area contributed by atoms with Crippen LogP contribution < -0.4 is 15.4 Å². The number of ether oxygens (including phenoxy) is 1. The third-order valence-corrected chi connectivity index (χ3v) is 5.69. The van der Waals surface area contributed by atoms with Gasteiger partial charge in [-0.2, -0.15) is 4.37 Å². The first-order chi connectivity index (χ1) is 13.7. The molecular weight excluding hydrogens is 374 g/mol.